The van der Waals surface area contributed by atoms with Crippen molar-refractivity contribution in [1.82, 2.24) is 4.90 Å². The fourth-order valence-electron chi connectivity index (χ4n) is 0.911. The van der Waals surface area contributed by atoms with Crippen LogP contribution in [0.1, 0.15) is 20.3 Å². The number of nitriles is 1. The van der Waals surface area contributed by atoms with Crippen molar-refractivity contribution < 1.29 is 13.2 Å². The Bertz CT molecular complexity index is 215. The van der Waals surface area contributed by atoms with E-state index in [1.807, 2.05) is 0 Å². The molecule has 82 valence electrons. The fraction of sp³-hybridized carbons (Fsp3) is 0.889. The van der Waals surface area contributed by atoms with E-state index in [4.69, 9.17) is 5.26 Å². The summed E-state index contributed by atoms with van der Waals surface area (Å²) in [6.45, 7) is 2.79. The Morgan fingerprint density at radius 3 is 2.14 bits per heavy atom. The predicted molar refractivity (Wildman–Crippen MR) is 47.6 cm³/mol. The van der Waals surface area contributed by atoms with Crippen molar-refractivity contribution >= 4 is 0 Å². The van der Waals surface area contributed by atoms with Gasteiger partial charge < -0.3 is 0 Å². The first-order valence-corrected chi connectivity index (χ1v) is 4.33. The lowest BCUT2D eigenvalue weighted by Crippen LogP contribution is -2.33. The first kappa shape index (κ1) is 13.2. The summed E-state index contributed by atoms with van der Waals surface area (Å²) < 4.78 is 35.7. The first-order valence-electron chi connectivity index (χ1n) is 4.33. The summed E-state index contributed by atoms with van der Waals surface area (Å²) in [5, 5.41) is 8.65. The molecule has 0 fully saturated rings. The van der Waals surface area contributed by atoms with Crippen molar-refractivity contribution in [3.8, 4) is 6.07 Å². The van der Waals surface area contributed by atoms with Gasteiger partial charge in [-0.05, 0) is 33.9 Å². The minimum Gasteiger partial charge on any atom is -0.298 e. The van der Waals surface area contributed by atoms with E-state index in [1.165, 1.54) is 11.9 Å². The number of nitrogens with zero attached hydrogens (tertiary/aromatic N) is 2. The molecule has 2 nitrogen and oxygen atoms in total. The summed E-state index contributed by atoms with van der Waals surface area (Å²) in [6.07, 6.45) is -3.72. The molecule has 0 N–H and O–H groups in total. The normalized spacial score (nSPS) is 13.0. The molecule has 0 atom stereocenters. The molecule has 0 rings (SSSR count). The largest absolute Gasteiger partial charge is 0.401 e. The maximum absolute atomic E-state index is 11.9. The van der Waals surface area contributed by atoms with Gasteiger partial charge in [-0.3, -0.25) is 4.90 Å². The SMILES string of the molecule is CN(CCC(C)(C)C#N)CC(F)(F)F. The highest BCUT2D eigenvalue weighted by Crippen LogP contribution is 2.20. The molecule has 0 aromatic heterocycles. The van der Waals surface area contributed by atoms with Crippen molar-refractivity contribution in [2.45, 2.75) is 26.4 Å². The highest BCUT2D eigenvalue weighted by atomic mass is 19.4. The Hall–Kier alpha value is -0.760. The summed E-state index contributed by atoms with van der Waals surface area (Å²) in [6, 6.07) is 2.05. The molecule has 0 aromatic carbocycles. The number of halogens is 3. The van der Waals surface area contributed by atoms with Crippen LogP contribution in [0.3, 0.4) is 0 Å². The van der Waals surface area contributed by atoms with E-state index >= 15 is 0 Å². The van der Waals surface area contributed by atoms with E-state index in [0.29, 0.717) is 6.42 Å². The lowest BCUT2D eigenvalue weighted by atomic mass is 9.91. The van der Waals surface area contributed by atoms with Gasteiger partial charge in [-0.25, -0.2) is 0 Å². The Morgan fingerprint density at radius 2 is 1.79 bits per heavy atom. The van der Waals surface area contributed by atoms with E-state index in [1.54, 1.807) is 13.8 Å². The average molecular weight is 208 g/mol. The Kier molecular flexibility index (Phi) is 4.40. The van der Waals surface area contributed by atoms with Gasteiger partial charge in [0.2, 0.25) is 0 Å². The number of hydrogen-bond acceptors (Lipinski definition) is 2. The minimum absolute atomic E-state index is 0.278. The van der Waals surface area contributed by atoms with Gasteiger partial charge in [0.15, 0.2) is 0 Å². The molecule has 0 aliphatic heterocycles. The molecule has 5 heteroatoms. The molecule has 0 unspecified atom stereocenters. The molecule has 0 bridgehead atoms. The fourth-order valence-corrected chi connectivity index (χ4v) is 0.911. The van der Waals surface area contributed by atoms with Crippen LogP contribution >= 0.6 is 0 Å². The molecule has 0 saturated carbocycles. The molecule has 0 spiro atoms. The van der Waals surface area contributed by atoms with Crippen LogP contribution < -0.4 is 0 Å². The third kappa shape index (κ3) is 6.72. The second kappa shape index (κ2) is 4.65. The summed E-state index contributed by atoms with van der Waals surface area (Å²) in [7, 11) is 1.40. The van der Waals surface area contributed by atoms with E-state index in [2.05, 4.69) is 6.07 Å². The molecular weight excluding hydrogens is 193 g/mol. The number of alkyl halides is 3. The highest BCUT2D eigenvalue weighted by Gasteiger charge is 2.29. The van der Waals surface area contributed by atoms with Crippen molar-refractivity contribution in [1.29, 1.82) is 5.26 Å². The maximum atomic E-state index is 11.9. The lowest BCUT2D eigenvalue weighted by Gasteiger charge is -2.22. The van der Waals surface area contributed by atoms with Crippen LogP contribution in [0, 0.1) is 16.7 Å². The molecule has 14 heavy (non-hydrogen) atoms. The molecule has 0 saturated heterocycles. The van der Waals surface area contributed by atoms with Gasteiger partial charge in [0.25, 0.3) is 0 Å². The molecule has 0 aromatic rings. The number of rotatable bonds is 4. The zero-order valence-electron chi connectivity index (χ0n) is 8.65. The van der Waals surface area contributed by atoms with Crippen LogP contribution in [0.25, 0.3) is 0 Å². The highest BCUT2D eigenvalue weighted by molar-refractivity contribution is 4.91. The van der Waals surface area contributed by atoms with Crippen LogP contribution in [0.2, 0.25) is 0 Å². The van der Waals surface area contributed by atoms with Crippen molar-refractivity contribution in [2.24, 2.45) is 5.41 Å². The van der Waals surface area contributed by atoms with Gasteiger partial charge in [0, 0.05) is 0 Å². The van der Waals surface area contributed by atoms with Gasteiger partial charge in [-0.1, -0.05) is 0 Å². The van der Waals surface area contributed by atoms with Gasteiger partial charge >= 0.3 is 6.18 Å². The third-order valence-electron chi connectivity index (χ3n) is 1.87. The topological polar surface area (TPSA) is 27.0 Å². The monoisotopic (exact) mass is 208 g/mol. The quantitative estimate of drug-likeness (QED) is 0.709. The summed E-state index contributed by atoms with van der Waals surface area (Å²) >= 11 is 0. The Morgan fingerprint density at radius 1 is 1.29 bits per heavy atom. The second-order valence-electron chi connectivity index (χ2n) is 4.10. The van der Waals surface area contributed by atoms with Crippen LogP contribution in [-0.2, 0) is 0 Å². The molecule has 0 amide bonds. The van der Waals surface area contributed by atoms with Gasteiger partial charge in [-0.2, -0.15) is 18.4 Å². The molecular formula is C9H15F3N2. The first-order chi connectivity index (χ1) is 6.16. The zero-order chi connectivity index (χ0) is 11.4. The molecule has 0 radical (unpaired) electrons. The summed E-state index contributed by atoms with van der Waals surface area (Å²) in [5.41, 5.74) is -0.556. The van der Waals surface area contributed by atoms with Crippen molar-refractivity contribution in [3.63, 3.8) is 0 Å². The zero-order valence-corrected chi connectivity index (χ0v) is 8.65. The van der Waals surface area contributed by atoms with Crippen molar-refractivity contribution in [2.75, 3.05) is 20.1 Å². The minimum atomic E-state index is -4.16. The molecule has 0 aliphatic rings. The lowest BCUT2D eigenvalue weighted by molar-refractivity contribution is -0.143. The van der Waals surface area contributed by atoms with Crippen LogP contribution in [0.15, 0.2) is 0 Å². The van der Waals surface area contributed by atoms with Crippen molar-refractivity contribution in [3.05, 3.63) is 0 Å². The van der Waals surface area contributed by atoms with Gasteiger partial charge in [0.05, 0.1) is 18.0 Å². The van der Waals surface area contributed by atoms with E-state index in [9.17, 15) is 13.2 Å². The second-order valence-corrected chi connectivity index (χ2v) is 4.10. The maximum Gasteiger partial charge on any atom is 0.401 e. The predicted octanol–water partition coefficient (Wildman–Crippen LogP) is 2.42. The van der Waals surface area contributed by atoms with Gasteiger partial charge in [-0.15, -0.1) is 0 Å². The Balaban J connectivity index is 3.88. The van der Waals surface area contributed by atoms with E-state index in [-0.39, 0.29) is 6.54 Å². The Labute approximate surface area is 82.3 Å². The van der Waals surface area contributed by atoms with Crippen LogP contribution in [0.5, 0.6) is 0 Å². The summed E-state index contributed by atoms with van der Waals surface area (Å²) in [4.78, 5) is 1.18. The molecule has 0 heterocycles. The smallest absolute Gasteiger partial charge is 0.298 e. The van der Waals surface area contributed by atoms with Gasteiger partial charge in [0.1, 0.15) is 0 Å². The molecule has 0 aliphatic carbocycles. The third-order valence-corrected chi connectivity index (χ3v) is 1.87. The summed E-state index contributed by atoms with van der Waals surface area (Å²) in [5.74, 6) is 0. The van der Waals surface area contributed by atoms with Crippen LogP contribution in [-0.4, -0.2) is 31.2 Å². The standard InChI is InChI=1S/C9H15F3N2/c1-8(2,6-13)4-5-14(3)7-9(10,11)12/h4-5,7H2,1-3H3. The van der Waals surface area contributed by atoms with Crippen LogP contribution in [0.4, 0.5) is 13.2 Å². The van der Waals surface area contributed by atoms with E-state index < -0.39 is 18.1 Å². The number of hydrogen-bond donors (Lipinski definition) is 0. The van der Waals surface area contributed by atoms with E-state index in [0.717, 1.165) is 0 Å². The average Bonchev–Trinajstić information content (AvgIpc) is 1.98.